The fraction of sp³-hybridized carbons (Fsp3) is 0.435. The van der Waals surface area contributed by atoms with Crippen LogP contribution in [0, 0.1) is 5.92 Å². The van der Waals surface area contributed by atoms with E-state index < -0.39 is 0 Å². The highest BCUT2D eigenvalue weighted by molar-refractivity contribution is 7.18. The smallest absolute Gasteiger partial charge is 0.259 e. The Morgan fingerprint density at radius 1 is 1.29 bits per heavy atom. The lowest BCUT2D eigenvalue weighted by Gasteiger charge is -2.30. The number of H-pyrrole nitrogens is 1. The lowest BCUT2D eigenvalue weighted by atomic mass is 9.95. The molecule has 0 atom stereocenters. The molecule has 3 aromatic rings. The third-order valence-corrected chi connectivity index (χ3v) is 7.51. The molecule has 2 N–H and O–H groups in total. The zero-order valence-corrected chi connectivity index (χ0v) is 18.4. The minimum absolute atomic E-state index is 0.00882. The van der Waals surface area contributed by atoms with E-state index in [2.05, 4.69) is 15.2 Å². The first kappa shape index (κ1) is 20.2. The Labute approximate surface area is 184 Å². The minimum Gasteiger partial charge on any atom is -0.495 e. The van der Waals surface area contributed by atoms with Gasteiger partial charge in [0.15, 0.2) is 0 Å². The zero-order valence-electron chi connectivity index (χ0n) is 17.6. The highest BCUT2D eigenvalue weighted by atomic mass is 32.1. The van der Waals surface area contributed by atoms with Crippen LogP contribution in [0.4, 0.5) is 5.69 Å². The number of ether oxygens (including phenoxy) is 1. The second-order valence-electron chi connectivity index (χ2n) is 8.29. The number of aromatic amines is 1. The van der Waals surface area contributed by atoms with Gasteiger partial charge in [-0.1, -0.05) is 12.1 Å². The van der Waals surface area contributed by atoms with Crippen molar-refractivity contribution in [2.24, 2.45) is 5.92 Å². The molecule has 5 rings (SSSR count). The SMILES string of the molecule is COc1ccccc1NC(=O)C1CCN(Cc2nc3sc4c(c3c(=O)[nH]2)CCC4)CC1. The van der Waals surface area contributed by atoms with Crippen LogP contribution in [0.5, 0.6) is 5.75 Å². The number of thiophene rings is 1. The van der Waals surface area contributed by atoms with Crippen molar-refractivity contribution in [2.75, 3.05) is 25.5 Å². The summed E-state index contributed by atoms with van der Waals surface area (Å²) in [5, 5.41) is 3.80. The molecule has 31 heavy (non-hydrogen) atoms. The number of piperidine rings is 1. The molecule has 0 bridgehead atoms. The number of rotatable bonds is 5. The number of para-hydroxylation sites is 2. The Kier molecular flexibility index (Phi) is 5.50. The number of nitrogens with zero attached hydrogens (tertiary/aromatic N) is 2. The molecular weight excluding hydrogens is 412 g/mol. The van der Waals surface area contributed by atoms with Gasteiger partial charge in [0, 0.05) is 10.8 Å². The minimum atomic E-state index is -0.0316. The van der Waals surface area contributed by atoms with E-state index in [1.807, 2.05) is 24.3 Å². The fourth-order valence-corrected chi connectivity index (χ4v) is 5.95. The summed E-state index contributed by atoms with van der Waals surface area (Å²) < 4.78 is 5.32. The number of likely N-dealkylation sites (tertiary alicyclic amines) is 1. The quantitative estimate of drug-likeness (QED) is 0.638. The summed E-state index contributed by atoms with van der Waals surface area (Å²) in [7, 11) is 1.60. The number of aromatic nitrogens is 2. The first-order chi connectivity index (χ1) is 15.1. The molecule has 1 aliphatic heterocycles. The molecule has 2 aliphatic rings. The van der Waals surface area contributed by atoms with Crippen molar-refractivity contribution in [1.82, 2.24) is 14.9 Å². The molecule has 162 valence electrons. The monoisotopic (exact) mass is 438 g/mol. The molecule has 8 heteroatoms. The van der Waals surface area contributed by atoms with Gasteiger partial charge in [-0.15, -0.1) is 11.3 Å². The van der Waals surface area contributed by atoms with Crippen molar-refractivity contribution in [3.05, 3.63) is 50.9 Å². The summed E-state index contributed by atoms with van der Waals surface area (Å²) >= 11 is 1.67. The van der Waals surface area contributed by atoms with Crippen LogP contribution >= 0.6 is 11.3 Å². The van der Waals surface area contributed by atoms with E-state index in [0.717, 1.165) is 55.4 Å². The predicted octanol–water partition coefficient (Wildman–Crippen LogP) is 3.33. The van der Waals surface area contributed by atoms with Crippen molar-refractivity contribution < 1.29 is 9.53 Å². The third kappa shape index (κ3) is 3.97. The molecule has 1 amide bonds. The van der Waals surface area contributed by atoms with Gasteiger partial charge in [0.25, 0.3) is 5.56 Å². The number of aryl methyl sites for hydroxylation is 2. The molecule has 1 fully saturated rings. The maximum absolute atomic E-state index is 12.7. The summed E-state index contributed by atoms with van der Waals surface area (Å²) in [6, 6.07) is 7.45. The van der Waals surface area contributed by atoms with Gasteiger partial charge in [-0.05, 0) is 62.9 Å². The number of nitrogens with one attached hydrogen (secondary N) is 2. The maximum Gasteiger partial charge on any atom is 0.259 e. The van der Waals surface area contributed by atoms with E-state index in [9.17, 15) is 9.59 Å². The van der Waals surface area contributed by atoms with Crippen LogP contribution in [0.1, 0.15) is 35.5 Å². The molecule has 0 radical (unpaired) electrons. The molecule has 2 aromatic heterocycles. The highest BCUT2D eigenvalue weighted by Crippen LogP contribution is 2.34. The van der Waals surface area contributed by atoms with E-state index in [4.69, 9.17) is 9.72 Å². The molecule has 0 saturated carbocycles. The van der Waals surface area contributed by atoms with Crippen LogP contribution in [0.15, 0.2) is 29.1 Å². The van der Waals surface area contributed by atoms with Gasteiger partial charge in [-0.3, -0.25) is 14.5 Å². The van der Waals surface area contributed by atoms with Crippen molar-refractivity contribution >= 4 is 33.1 Å². The Bertz CT molecular complexity index is 1180. The van der Waals surface area contributed by atoms with Crippen molar-refractivity contribution in [1.29, 1.82) is 0 Å². The summed E-state index contributed by atoms with van der Waals surface area (Å²) in [5.74, 6) is 1.38. The van der Waals surface area contributed by atoms with Crippen molar-refractivity contribution in [2.45, 2.75) is 38.6 Å². The van der Waals surface area contributed by atoms with Gasteiger partial charge < -0.3 is 15.0 Å². The predicted molar refractivity (Wildman–Crippen MR) is 122 cm³/mol. The highest BCUT2D eigenvalue weighted by Gasteiger charge is 2.27. The maximum atomic E-state index is 12.7. The summed E-state index contributed by atoms with van der Waals surface area (Å²) in [6.07, 6.45) is 4.75. The number of hydrogen-bond donors (Lipinski definition) is 2. The number of amides is 1. The standard InChI is InChI=1S/C23H26N4O3S/c1-30-17-7-3-2-6-16(17)24-21(28)14-9-11-27(12-10-14)13-19-25-22(29)20-15-5-4-8-18(15)31-23(20)26-19/h2-3,6-7,14H,4-5,8-13H2,1H3,(H,24,28)(H,25,26,29). The van der Waals surface area contributed by atoms with Gasteiger partial charge in [0.1, 0.15) is 16.4 Å². The second kappa shape index (κ2) is 8.43. The van der Waals surface area contributed by atoms with Crippen LogP contribution in [0.25, 0.3) is 10.2 Å². The lowest BCUT2D eigenvalue weighted by Crippen LogP contribution is -2.38. The van der Waals surface area contributed by atoms with Gasteiger partial charge in [-0.2, -0.15) is 0 Å². The fourth-order valence-electron chi connectivity index (χ4n) is 4.67. The van der Waals surface area contributed by atoms with Gasteiger partial charge in [0.05, 0.1) is 24.7 Å². The van der Waals surface area contributed by atoms with E-state index in [0.29, 0.717) is 23.8 Å². The second-order valence-corrected chi connectivity index (χ2v) is 9.37. The number of hydrogen-bond acceptors (Lipinski definition) is 6. The van der Waals surface area contributed by atoms with Gasteiger partial charge in [-0.25, -0.2) is 4.98 Å². The molecule has 0 unspecified atom stereocenters. The molecule has 7 nitrogen and oxygen atoms in total. The number of benzene rings is 1. The van der Waals surface area contributed by atoms with Crippen LogP contribution in [-0.2, 0) is 24.2 Å². The van der Waals surface area contributed by atoms with E-state index >= 15 is 0 Å². The van der Waals surface area contributed by atoms with Crippen LogP contribution in [0.3, 0.4) is 0 Å². The Morgan fingerprint density at radius 2 is 2.10 bits per heavy atom. The Hall–Kier alpha value is -2.71. The summed E-state index contributed by atoms with van der Waals surface area (Å²) in [5.41, 5.74) is 1.91. The first-order valence-electron chi connectivity index (χ1n) is 10.8. The third-order valence-electron chi connectivity index (χ3n) is 6.32. The zero-order chi connectivity index (χ0) is 21.4. The van der Waals surface area contributed by atoms with Crippen LogP contribution in [-0.4, -0.2) is 41.0 Å². The number of methoxy groups -OCH3 is 1. The van der Waals surface area contributed by atoms with Gasteiger partial charge >= 0.3 is 0 Å². The number of anilines is 1. The molecule has 1 aliphatic carbocycles. The Morgan fingerprint density at radius 3 is 2.90 bits per heavy atom. The molecule has 1 aromatic carbocycles. The van der Waals surface area contributed by atoms with E-state index in [1.54, 1.807) is 18.4 Å². The molecule has 1 saturated heterocycles. The average molecular weight is 439 g/mol. The normalized spacial score (nSPS) is 17.1. The number of fused-ring (bicyclic) bond motifs is 3. The topological polar surface area (TPSA) is 87.3 Å². The Balaban J connectivity index is 1.21. The van der Waals surface area contributed by atoms with Crippen LogP contribution in [0.2, 0.25) is 0 Å². The number of carbonyl (C=O) groups excluding carboxylic acids is 1. The molecule has 0 spiro atoms. The first-order valence-corrected chi connectivity index (χ1v) is 11.6. The molecule has 3 heterocycles. The summed E-state index contributed by atoms with van der Waals surface area (Å²) in [4.78, 5) is 37.6. The van der Waals surface area contributed by atoms with E-state index in [-0.39, 0.29) is 17.4 Å². The largest absolute Gasteiger partial charge is 0.495 e. The summed E-state index contributed by atoms with van der Waals surface area (Å²) in [6.45, 7) is 2.20. The van der Waals surface area contributed by atoms with Crippen molar-refractivity contribution in [3.63, 3.8) is 0 Å². The van der Waals surface area contributed by atoms with Crippen LogP contribution < -0.4 is 15.6 Å². The average Bonchev–Trinajstić information content (AvgIpc) is 3.35. The van der Waals surface area contributed by atoms with Crippen molar-refractivity contribution in [3.8, 4) is 5.75 Å². The lowest BCUT2D eigenvalue weighted by molar-refractivity contribution is -0.121. The molecular formula is C23H26N4O3S. The van der Waals surface area contributed by atoms with E-state index in [1.165, 1.54) is 10.4 Å². The van der Waals surface area contributed by atoms with Gasteiger partial charge in [0.2, 0.25) is 5.91 Å². The number of carbonyl (C=O) groups is 1.